The number of aryl methyl sites for hydroxylation is 2. The molecule has 4 rings (SSSR count). The van der Waals surface area contributed by atoms with Crippen LogP contribution < -0.4 is 0 Å². The first-order valence-corrected chi connectivity index (χ1v) is 10.2. The largest absolute Gasteiger partial charge is 0.411 e. The summed E-state index contributed by atoms with van der Waals surface area (Å²) in [5, 5.41) is 18.2. The quantitative estimate of drug-likeness (QED) is 0.323. The van der Waals surface area contributed by atoms with Crippen LogP contribution in [0.1, 0.15) is 22.3 Å². The first kappa shape index (κ1) is 19.0. The van der Waals surface area contributed by atoms with Gasteiger partial charge in [-0.05, 0) is 25.1 Å². The number of para-hydroxylation sites is 1. The lowest BCUT2D eigenvalue weighted by Crippen LogP contribution is -2.02. The van der Waals surface area contributed by atoms with Crippen molar-refractivity contribution >= 4 is 28.4 Å². The van der Waals surface area contributed by atoms with Crippen LogP contribution in [0.15, 0.2) is 64.4 Å². The Labute approximate surface area is 172 Å². The molecule has 0 aliphatic carbocycles. The fourth-order valence-electron chi connectivity index (χ4n) is 3.11. The molecule has 2 heterocycles. The van der Waals surface area contributed by atoms with Crippen LogP contribution in [-0.2, 0) is 6.54 Å². The first-order valence-electron chi connectivity index (χ1n) is 9.17. The van der Waals surface area contributed by atoms with Crippen LogP contribution in [0.3, 0.4) is 0 Å². The van der Waals surface area contributed by atoms with E-state index in [0.717, 1.165) is 22.0 Å². The number of rotatable bonds is 7. The van der Waals surface area contributed by atoms with Crippen molar-refractivity contribution in [1.82, 2.24) is 14.8 Å². The minimum atomic E-state index is -0.0167. The van der Waals surface area contributed by atoms with Crippen molar-refractivity contribution in [1.29, 1.82) is 5.26 Å². The van der Waals surface area contributed by atoms with Gasteiger partial charge < -0.3 is 8.98 Å². The zero-order chi connectivity index (χ0) is 20.2. The van der Waals surface area contributed by atoms with Crippen LogP contribution in [-0.4, -0.2) is 26.3 Å². The maximum atomic E-state index is 12.8. The van der Waals surface area contributed by atoms with E-state index >= 15 is 0 Å². The third kappa shape index (κ3) is 4.08. The molecule has 2 aromatic carbocycles. The number of nitriles is 1. The molecular formula is C22H18N4O2S. The summed E-state index contributed by atoms with van der Waals surface area (Å²) < 4.78 is 7.65. The maximum absolute atomic E-state index is 12.8. The molecule has 29 heavy (non-hydrogen) atoms. The van der Waals surface area contributed by atoms with E-state index in [9.17, 15) is 4.79 Å². The summed E-state index contributed by atoms with van der Waals surface area (Å²) in [5.74, 6) is 0.618. The molecular weight excluding hydrogens is 384 g/mol. The second-order valence-corrected chi connectivity index (χ2v) is 7.54. The van der Waals surface area contributed by atoms with Gasteiger partial charge in [0.15, 0.2) is 5.78 Å². The van der Waals surface area contributed by atoms with E-state index < -0.39 is 0 Å². The van der Waals surface area contributed by atoms with Gasteiger partial charge in [-0.15, -0.1) is 10.2 Å². The summed E-state index contributed by atoms with van der Waals surface area (Å²) in [7, 11) is 0. The van der Waals surface area contributed by atoms with E-state index in [1.165, 1.54) is 11.8 Å². The Hall–Kier alpha value is -3.37. The summed E-state index contributed by atoms with van der Waals surface area (Å²) in [6.07, 6.45) is 2.22. The molecule has 0 radical (unpaired) electrons. The predicted octanol–water partition coefficient (Wildman–Crippen LogP) is 4.89. The lowest BCUT2D eigenvalue weighted by Gasteiger charge is -2.00. The third-order valence-corrected chi connectivity index (χ3v) is 5.40. The molecule has 144 valence electrons. The number of hydrogen-bond donors (Lipinski definition) is 0. The molecule has 0 saturated carbocycles. The minimum absolute atomic E-state index is 0.0167. The van der Waals surface area contributed by atoms with Crippen molar-refractivity contribution in [2.45, 2.75) is 25.1 Å². The van der Waals surface area contributed by atoms with Gasteiger partial charge in [0, 0.05) is 34.8 Å². The fourth-order valence-corrected chi connectivity index (χ4v) is 3.76. The molecule has 0 fully saturated rings. The normalized spacial score (nSPS) is 10.9. The average molecular weight is 402 g/mol. The summed E-state index contributed by atoms with van der Waals surface area (Å²) in [5.41, 5.74) is 3.60. The second-order valence-electron chi connectivity index (χ2n) is 6.61. The van der Waals surface area contributed by atoms with E-state index in [2.05, 4.69) is 16.3 Å². The molecule has 0 atom stereocenters. The number of Topliss-reactive ketones (excluding diaryl/α,β-unsaturated/α-hetero) is 1. The van der Waals surface area contributed by atoms with Crippen LogP contribution in [0.5, 0.6) is 0 Å². The molecule has 0 bridgehead atoms. The van der Waals surface area contributed by atoms with Crippen LogP contribution in [0.4, 0.5) is 0 Å². The summed E-state index contributed by atoms with van der Waals surface area (Å²) in [4.78, 5) is 12.8. The number of hydrogen-bond acceptors (Lipinski definition) is 6. The molecule has 6 nitrogen and oxygen atoms in total. The van der Waals surface area contributed by atoms with Gasteiger partial charge in [-0.25, -0.2) is 0 Å². The Morgan fingerprint density at radius 2 is 1.97 bits per heavy atom. The number of thioether (sulfide) groups is 1. The molecule has 0 spiro atoms. The van der Waals surface area contributed by atoms with Crippen LogP contribution in [0.2, 0.25) is 0 Å². The molecule has 0 amide bonds. The lowest BCUT2D eigenvalue weighted by molar-refractivity contribution is 0.102. The molecule has 0 saturated heterocycles. The van der Waals surface area contributed by atoms with Gasteiger partial charge in [0.25, 0.3) is 5.22 Å². The number of nitrogens with zero attached hydrogens (tertiary/aromatic N) is 4. The van der Waals surface area contributed by atoms with Gasteiger partial charge in [0.2, 0.25) is 5.89 Å². The van der Waals surface area contributed by atoms with Crippen molar-refractivity contribution in [2.24, 2.45) is 0 Å². The van der Waals surface area contributed by atoms with Crippen LogP contribution >= 0.6 is 11.8 Å². The molecule has 0 aliphatic heterocycles. The number of carbonyl (C=O) groups is 1. The Balaban J connectivity index is 1.49. The van der Waals surface area contributed by atoms with E-state index in [-0.39, 0.29) is 11.5 Å². The molecule has 7 heteroatoms. The number of ketones is 1. The van der Waals surface area contributed by atoms with Crippen molar-refractivity contribution in [3.63, 3.8) is 0 Å². The molecule has 0 aliphatic rings. The predicted molar refractivity (Wildman–Crippen MR) is 112 cm³/mol. The SMILES string of the molecule is Cc1ccc(-c2nnc(SCC(=O)c3cn(CCC#N)c4ccccc34)o2)cc1. The molecule has 4 aromatic rings. The van der Waals surface area contributed by atoms with E-state index in [1.807, 2.05) is 66.2 Å². The highest BCUT2D eigenvalue weighted by molar-refractivity contribution is 7.99. The van der Waals surface area contributed by atoms with Crippen molar-refractivity contribution in [2.75, 3.05) is 5.75 Å². The summed E-state index contributed by atoms with van der Waals surface area (Å²) >= 11 is 1.23. The minimum Gasteiger partial charge on any atom is -0.411 e. The highest BCUT2D eigenvalue weighted by Gasteiger charge is 2.17. The van der Waals surface area contributed by atoms with E-state index in [4.69, 9.17) is 9.68 Å². The van der Waals surface area contributed by atoms with E-state index in [0.29, 0.717) is 29.6 Å². The molecule has 2 aromatic heterocycles. The van der Waals surface area contributed by atoms with Gasteiger partial charge in [0.1, 0.15) is 0 Å². The third-order valence-electron chi connectivity index (χ3n) is 4.59. The number of aromatic nitrogens is 3. The maximum Gasteiger partial charge on any atom is 0.277 e. The van der Waals surface area contributed by atoms with Gasteiger partial charge >= 0.3 is 0 Å². The Morgan fingerprint density at radius 1 is 1.17 bits per heavy atom. The standard InChI is InChI=1S/C22H18N4O2S/c1-15-7-9-16(10-8-15)21-24-25-22(28-21)29-14-20(27)18-13-26(12-4-11-23)19-6-3-2-5-17(18)19/h2-3,5-10,13H,4,12,14H2,1H3. The molecule has 0 unspecified atom stereocenters. The first-order chi connectivity index (χ1) is 14.2. The summed E-state index contributed by atoms with van der Waals surface area (Å²) in [6.45, 7) is 2.57. The second kappa shape index (κ2) is 8.33. The van der Waals surface area contributed by atoms with Crippen molar-refractivity contribution in [3.05, 3.63) is 65.9 Å². The van der Waals surface area contributed by atoms with E-state index in [1.54, 1.807) is 0 Å². The average Bonchev–Trinajstić information content (AvgIpc) is 3.36. The van der Waals surface area contributed by atoms with Gasteiger partial charge in [-0.1, -0.05) is 47.7 Å². The van der Waals surface area contributed by atoms with Gasteiger partial charge in [-0.3, -0.25) is 4.79 Å². The number of benzene rings is 2. The highest BCUT2D eigenvalue weighted by Crippen LogP contribution is 2.27. The number of fused-ring (bicyclic) bond motifs is 1. The number of carbonyl (C=O) groups excluding carboxylic acids is 1. The van der Waals surface area contributed by atoms with Crippen LogP contribution in [0.25, 0.3) is 22.4 Å². The zero-order valence-corrected chi connectivity index (χ0v) is 16.6. The van der Waals surface area contributed by atoms with Crippen molar-refractivity contribution < 1.29 is 9.21 Å². The smallest absolute Gasteiger partial charge is 0.277 e. The molecule has 0 N–H and O–H groups in total. The van der Waals surface area contributed by atoms with Gasteiger partial charge in [-0.2, -0.15) is 5.26 Å². The lowest BCUT2D eigenvalue weighted by atomic mass is 10.1. The zero-order valence-electron chi connectivity index (χ0n) is 15.8. The van der Waals surface area contributed by atoms with Crippen LogP contribution in [0, 0.1) is 18.3 Å². The fraction of sp³-hybridized carbons (Fsp3) is 0.182. The van der Waals surface area contributed by atoms with Gasteiger partial charge in [0.05, 0.1) is 18.2 Å². The Kier molecular flexibility index (Phi) is 5.45. The topological polar surface area (TPSA) is 84.7 Å². The van der Waals surface area contributed by atoms with Crippen molar-refractivity contribution in [3.8, 4) is 17.5 Å². The highest BCUT2D eigenvalue weighted by atomic mass is 32.2. The Morgan fingerprint density at radius 3 is 2.76 bits per heavy atom. The monoisotopic (exact) mass is 402 g/mol. The summed E-state index contributed by atoms with van der Waals surface area (Å²) in [6, 6.07) is 17.7. The Bertz CT molecular complexity index is 1200.